The van der Waals surface area contributed by atoms with Gasteiger partial charge < -0.3 is 19.9 Å². The summed E-state index contributed by atoms with van der Waals surface area (Å²) in [5, 5.41) is 0. The topological polar surface area (TPSA) is 70.8 Å². The fourth-order valence-corrected chi connectivity index (χ4v) is 1.13. The Morgan fingerprint density at radius 3 is 2.35 bits per heavy atom. The SMILES string of the molecule is NC(=O)COCCOCCOc1ccccc1. The predicted molar refractivity (Wildman–Crippen MR) is 62.8 cm³/mol. The molecule has 1 rings (SSSR count). The maximum absolute atomic E-state index is 10.3. The van der Waals surface area contributed by atoms with Gasteiger partial charge in [-0.05, 0) is 12.1 Å². The molecule has 0 unspecified atom stereocenters. The molecule has 0 bridgehead atoms. The number of benzene rings is 1. The molecule has 1 amide bonds. The fraction of sp³-hybridized carbons (Fsp3) is 0.417. The van der Waals surface area contributed by atoms with Crippen LogP contribution in [0, 0.1) is 0 Å². The van der Waals surface area contributed by atoms with E-state index in [4.69, 9.17) is 19.9 Å². The van der Waals surface area contributed by atoms with E-state index < -0.39 is 5.91 Å². The van der Waals surface area contributed by atoms with Gasteiger partial charge >= 0.3 is 0 Å². The van der Waals surface area contributed by atoms with Crippen LogP contribution in [0.25, 0.3) is 0 Å². The molecule has 0 radical (unpaired) electrons. The van der Waals surface area contributed by atoms with Crippen LogP contribution in [0.1, 0.15) is 0 Å². The van der Waals surface area contributed by atoms with Gasteiger partial charge in [0.15, 0.2) is 0 Å². The van der Waals surface area contributed by atoms with Crippen LogP contribution >= 0.6 is 0 Å². The minimum absolute atomic E-state index is 0.0656. The number of primary amides is 1. The highest BCUT2D eigenvalue weighted by Crippen LogP contribution is 2.07. The Bertz CT molecular complexity index is 316. The van der Waals surface area contributed by atoms with Gasteiger partial charge in [0.25, 0.3) is 0 Å². The van der Waals surface area contributed by atoms with E-state index in [2.05, 4.69) is 0 Å². The van der Waals surface area contributed by atoms with Crippen LogP contribution in [-0.2, 0) is 14.3 Å². The van der Waals surface area contributed by atoms with Gasteiger partial charge in [-0.1, -0.05) is 18.2 Å². The third-order valence-electron chi connectivity index (χ3n) is 1.86. The van der Waals surface area contributed by atoms with Crippen LogP contribution in [0.4, 0.5) is 0 Å². The van der Waals surface area contributed by atoms with E-state index in [0.717, 1.165) is 5.75 Å². The van der Waals surface area contributed by atoms with E-state index in [-0.39, 0.29) is 6.61 Å². The smallest absolute Gasteiger partial charge is 0.243 e. The number of para-hydroxylation sites is 1. The summed E-state index contributed by atoms with van der Waals surface area (Å²) < 4.78 is 15.6. The number of nitrogens with two attached hydrogens (primary N) is 1. The predicted octanol–water partition coefficient (Wildman–Crippen LogP) is 0.584. The largest absolute Gasteiger partial charge is 0.491 e. The lowest BCUT2D eigenvalue weighted by Gasteiger charge is -2.06. The molecular formula is C12H17NO4. The summed E-state index contributed by atoms with van der Waals surface area (Å²) >= 11 is 0. The molecule has 0 spiro atoms. The number of carbonyl (C=O) groups is 1. The van der Waals surface area contributed by atoms with Gasteiger partial charge in [0, 0.05) is 0 Å². The van der Waals surface area contributed by atoms with Gasteiger partial charge in [-0.25, -0.2) is 0 Å². The molecule has 2 N–H and O–H groups in total. The molecule has 0 atom stereocenters. The van der Waals surface area contributed by atoms with Crippen molar-refractivity contribution < 1.29 is 19.0 Å². The Kier molecular flexibility index (Phi) is 6.78. The Hall–Kier alpha value is -1.59. The van der Waals surface area contributed by atoms with Crippen molar-refractivity contribution >= 4 is 5.91 Å². The Morgan fingerprint density at radius 1 is 1.00 bits per heavy atom. The Morgan fingerprint density at radius 2 is 1.65 bits per heavy atom. The van der Waals surface area contributed by atoms with E-state index in [9.17, 15) is 4.79 Å². The molecule has 5 heteroatoms. The van der Waals surface area contributed by atoms with Crippen molar-refractivity contribution in [3.05, 3.63) is 30.3 Å². The number of hydrogen-bond acceptors (Lipinski definition) is 4. The number of rotatable bonds is 9. The lowest BCUT2D eigenvalue weighted by Crippen LogP contribution is -2.20. The average molecular weight is 239 g/mol. The summed E-state index contributed by atoms with van der Waals surface area (Å²) in [7, 11) is 0. The average Bonchev–Trinajstić information content (AvgIpc) is 2.33. The first-order valence-electron chi connectivity index (χ1n) is 5.40. The van der Waals surface area contributed by atoms with E-state index >= 15 is 0 Å². The first-order valence-corrected chi connectivity index (χ1v) is 5.40. The van der Waals surface area contributed by atoms with Crippen molar-refractivity contribution in [2.45, 2.75) is 0 Å². The molecule has 5 nitrogen and oxygen atoms in total. The van der Waals surface area contributed by atoms with Crippen molar-refractivity contribution in [3.63, 3.8) is 0 Å². The zero-order chi connectivity index (χ0) is 12.3. The minimum atomic E-state index is -0.475. The molecule has 1 aromatic rings. The molecule has 0 heterocycles. The summed E-state index contributed by atoms with van der Waals surface area (Å²) in [5.74, 6) is 0.346. The highest BCUT2D eigenvalue weighted by molar-refractivity contribution is 5.74. The summed E-state index contributed by atoms with van der Waals surface area (Å²) in [4.78, 5) is 10.3. The van der Waals surface area contributed by atoms with Gasteiger partial charge in [0.2, 0.25) is 5.91 Å². The maximum atomic E-state index is 10.3. The van der Waals surface area contributed by atoms with Crippen LogP contribution in [0.2, 0.25) is 0 Å². The minimum Gasteiger partial charge on any atom is -0.491 e. The summed E-state index contributed by atoms with van der Waals surface area (Å²) in [6, 6.07) is 9.52. The molecule has 0 saturated carbocycles. The molecule has 17 heavy (non-hydrogen) atoms. The van der Waals surface area contributed by atoms with Crippen molar-refractivity contribution in [2.75, 3.05) is 33.0 Å². The van der Waals surface area contributed by atoms with Crippen LogP contribution < -0.4 is 10.5 Å². The molecular weight excluding hydrogens is 222 g/mol. The first-order chi connectivity index (χ1) is 8.29. The van der Waals surface area contributed by atoms with Gasteiger partial charge in [-0.3, -0.25) is 4.79 Å². The molecule has 94 valence electrons. The lowest BCUT2D eigenvalue weighted by atomic mass is 10.3. The molecule has 0 aliphatic rings. The molecule has 1 aromatic carbocycles. The second-order valence-corrected chi connectivity index (χ2v) is 3.29. The molecule has 0 aliphatic heterocycles. The van der Waals surface area contributed by atoms with Crippen molar-refractivity contribution in [1.82, 2.24) is 0 Å². The van der Waals surface area contributed by atoms with Crippen molar-refractivity contribution in [1.29, 1.82) is 0 Å². The Balaban J connectivity index is 1.90. The van der Waals surface area contributed by atoms with Gasteiger partial charge in [0.05, 0.1) is 19.8 Å². The fourth-order valence-electron chi connectivity index (χ4n) is 1.13. The van der Waals surface area contributed by atoms with Gasteiger partial charge in [0.1, 0.15) is 19.0 Å². The van der Waals surface area contributed by atoms with Gasteiger partial charge in [-0.2, -0.15) is 0 Å². The van der Waals surface area contributed by atoms with Crippen LogP contribution in [0.5, 0.6) is 5.75 Å². The second-order valence-electron chi connectivity index (χ2n) is 3.29. The lowest BCUT2D eigenvalue weighted by molar-refractivity contribution is -0.123. The standard InChI is InChI=1S/C12H17NO4/c13-12(14)10-16-7-6-15-8-9-17-11-4-2-1-3-5-11/h1-5H,6-10H2,(H2,13,14). The van der Waals surface area contributed by atoms with E-state index in [1.807, 2.05) is 30.3 Å². The second kappa shape index (κ2) is 8.55. The zero-order valence-electron chi connectivity index (χ0n) is 9.63. The van der Waals surface area contributed by atoms with Crippen LogP contribution in [0.15, 0.2) is 30.3 Å². The number of ether oxygens (including phenoxy) is 3. The van der Waals surface area contributed by atoms with Crippen LogP contribution in [-0.4, -0.2) is 38.9 Å². The Labute approximate surface area is 100 Å². The summed E-state index contributed by atoms with van der Waals surface area (Å²) in [6.45, 7) is 1.68. The third kappa shape index (κ3) is 7.32. The first kappa shape index (κ1) is 13.5. The maximum Gasteiger partial charge on any atom is 0.243 e. The van der Waals surface area contributed by atoms with Crippen molar-refractivity contribution in [2.24, 2.45) is 5.73 Å². The molecule has 0 aromatic heterocycles. The monoisotopic (exact) mass is 239 g/mol. The zero-order valence-corrected chi connectivity index (χ0v) is 9.63. The molecule has 0 fully saturated rings. The highest BCUT2D eigenvalue weighted by atomic mass is 16.5. The van der Waals surface area contributed by atoms with Crippen LogP contribution in [0.3, 0.4) is 0 Å². The van der Waals surface area contributed by atoms with Gasteiger partial charge in [-0.15, -0.1) is 0 Å². The number of carbonyl (C=O) groups excluding carboxylic acids is 1. The third-order valence-corrected chi connectivity index (χ3v) is 1.86. The number of amides is 1. The summed E-state index contributed by atoms with van der Waals surface area (Å²) in [5.41, 5.74) is 4.89. The van der Waals surface area contributed by atoms with E-state index in [0.29, 0.717) is 26.4 Å². The highest BCUT2D eigenvalue weighted by Gasteiger charge is 1.95. The van der Waals surface area contributed by atoms with E-state index in [1.165, 1.54) is 0 Å². The quantitative estimate of drug-likeness (QED) is 0.640. The molecule has 0 aliphatic carbocycles. The van der Waals surface area contributed by atoms with E-state index in [1.54, 1.807) is 0 Å². The normalized spacial score (nSPS) is 10.1. The summed E-state index contributed by atoms with van der Waals surface area (Å²) in [6.07, 6.45) is 0. The number of hydrogen-bond donors (Lipinski definition) is 1. The molecule has 0 saturated heterocycles. The van der Waals surface area contributed by atoms with Crippen molar-refractivity contribution in [3.8, 4) is 5.75 Å².